The third-order valence-corrected chi connectivity index (χ3v) is 4.81. The molecular formula is C15H19NO. The van der Waals surface area contributed by atoms with Crippen molar-refractivity contribution in [3.63, 3.8) is 0 Å². The number of hydrogen-bond acceptors (Lipinski definition) is 1. The van der Waals surface area contributed by atoms with Crippen molar-refractivity contribution in [2.45, 2.75) is 44.6 Å². The van der Waals surface area contributed by atoms with E-state index in [4.69, 9.17) is 0 Å². The molecule has 3 atom stereocenters. The summed E-state index contributed by atoms with van der Waals surface area (Å²) in [4.78, 5) is 13.8. The van der Waals surface area contributed by atoms with Gasteiger partial charge >= 0.3 is 0 Å². The summed E-state index contributed by atoms with van der Waals surface area (Å²) >= 11 is 0. The van der Waals surface area contributed by atoms with Crippen LogP contribution in [-0.2, 0) is 10.2 Å². The number of carbonyl (C=O) groups is 1. The lowest BCUT2D eigenvalue weighted by molar-refractivity contribution is -0.130. The van der Waals surface area contributed by atoms with E-state index < -0.39 is 0 Å². The molecule has 1 aromatic rings. The first-order valence-corrected chi connectivity index (χ1v) is 6.42. The first-order chi connectivity index (χ1) is 8.05. The van der Waals surface area contributed by atoms with E-state index in [2.05, 4.69) is 43.0 Å². The highest BCUT2D eigenvalue weighted by molar-refractivity contribution is 5.75. The first kappa shape index (κ1) is 10.8. The Morgan fingerprint density at radius 3 is 2.82 bits per heavy atom. The summed E-state index contributed by atoms with van der Waals surface area (Å²) in [6.07, 6.45) is 1.10. The fourth-order valence-electron chi connectivity index (χ4n) is 4.04. The smallest absolute Gasteiger partial charge is 0.219 e. The van der Waals surface area contributed by atoms with Crippen molar-refractivity contribution >= 4 is 5.91 Å². The van der Waals surface area contributed by atoms with E-state index in [-0.39, 0.29) is 11.3 Å². The summed E-state index contributed by atoms with van der Waals surface area (Å²) < 4.78 is 0. The Bertz CT molecular complexity index is 482. The Morgan fingerprint density at radius 2 is 2.12 bits per heavy atom. The van der Waals surface area contributed by atoms with Crippen LogP contribution in [0.15, 0.2) is 24.3 Å². The van der Waals surface area contributed by atoms with Gasteiger partial charge in [0.05, 0.1) is 0 Å². The van der Waals surface area contributed by atoms with E-state index in [1.54, 1.807) is 6.92 Å². The molecular weight excluding hydrogens is 210 g/mol. The van der Waals surface area contributed by atoms with Gasteiger partial charge in [0, 0.05) is 30.8 Å². The van der Waals surface area contributed by atoms with Crippen LogP contribution in [0.3, 0.4) is 0 Å². The Morgan fingerprint density at radius 1 is 1.41 bits per heavy atom. The van der Waals surface area contributed by atoms with E-state index in [0.29, 0.717) is 12.0 Å². The van der Waals surface area contributed by atoms with Crippen LogP contribution >= 0.6 is 0 Å². The monoisotopic (exact) mass is 229 g/mol. The molecule has 17 heavy (non-hydrogen) atoms. The summed E-state index contributed by atoms with van der Waals surface area (Å²) in [5, 5.41) is 0. The van der Waals surface area contributed by atoms with Gasteiger partial charge in [0.2, 0.25) is 5.91 Å². The summed E-state index contributed by atoms with van der Waals surface area (Å²) in [5.41, 5.74) is 3.06. The Balaban J connectivity index is 2.13. The largest absolute Gasteiger partial charge is 0.338 e. The van der Waals surface area contributed by atoms with Gasteiger partial charge in [-0.2, -0.15) is 0 Å². The van der Waals surface area contributed by atoms with Crippen LogP contribution in [0, 0.1) is 0 Å². The highest BCUT2D eigenvalue weighted by atomic mass is 16.2. The molecule has 1 fully saturated rings. The average Bonchev–Trinajstić information content (AvgIpc) is 2.76. The molecule has 1 heterocycles. The van der Waals surface area contributed by atoms with E-state index in [9.17, 15) is 4.79 Å². The van der Waals surface area contributed by atoms with Crippen molar-refractivity contribution in [1.82, 2.24) is 4.90 Å². The Kier molecular flexibility index (Phi) is 2.13. The van der Waals surface area contributed by atoms with Crippen LogP contribution < -0.4 is 0 Å². The maximum atomic E-state index is 11.8. The molecule has 0 aromatic heterocycles. The molecule has 0 spiro atoms. The minimum absolute atomic E-state index is 0.168. The second-order valence-corrected chi connectivity index (χ2v) is 5.70. The molecule has 1 aliphatic heterocycles. The van der Waals surface area contributed by atoms with Gasteiger partial charge in [-0.1, -0.05) is 38.1 Å². The quantitative estimate of drug-likeness (QED) is 0.670. The molecule has 1 aromatic carbocycles. The number of likely N-dealkylation sites (tertiary alicyclic amines) is 1. The number of carbonyl (C=O) groups excluding carboxylic acids is 1. The number of rotatable bonds is 0. The zero-order chi connectivity index (χ0) is 12.2. The van der Waals surface area contributed by atoms with E-state index >= 15 is 0 Å². The second-order valence-electron chi connectivity index (χ2n) is 5.70. The lowest BCUT2D eigenvalue weighted by Gasteiger charge is -2.32. The van der Waals surface area contributed by atoms with Crippen LogP contribution in [0.1, 0.15) is 44.2 Å². The fraction of sp³-hybridized carbons (Fsp3) is 0.533. The average molecular weight is 229 g/mol. The van der Waals surface area contributed by atoms with Crippen LogP contribution in [0.2, 0.25) is 0 Å². The first-order valence-electron chi connectivity index (χ1n) is 6.42. The number of amides is 1. The van der Waals surface area contributed by atoms with Gasteiger partial charge < -0.3 is 4.90 Å². The standard InChI is InChI=1S/C15H19NO/c1-10-12-6-4-5-7-13(12)15(3)8-9-16(11(2)17)14(10)15/h4-7,10,14H,8-9H2,1-3H3. The van der Waals surface area contributed by atoms with Crippen molar-refractivity contribution in [2.24, 2.45) is 0 Å². The van der Waals surface area contributed by atoms with Crippen LogP contribution in [0.25, 0.3) is 0 Å². The van der Waals surface area contributed by atoms with Crippen molar-refractivity contribution < 1.29 is 4.79 Å². The van der Waals surface area contributed by atoms with Crippen molar-refractivity contribution in [2.75, 3.05) is 6.54 Å². The minimum atomic E-state index is 0.168. The fourth-order valence-corrected chi connectivity index (χ4v) is 4.04. The number of nitrogens with zero attached hydrogens (tertiary/aromatic N) is 1. The van der Waals surface area contributed by atoms with Gasteiger partial charge in [-0.15, -0.1) is 0 Å². The third kappa shape index (κ3) is 1.24. The molecule has 1 saturated heterocycles. The zero-order valence-corrected chi connectivity index (χ0v) is 10.7. The SMILES string of the molecule is CC(=O)N1CCC2(C)c3ccccc3C(C)C12. The van der Waals surface area contributed by atoms with Gasteiger partial charge in [0.15, 0.2) is 0 Å². The number of hydrogen-bond donors (Lipinski definition) is 0. The molecule has 0 saturated carbocycles. The topological polar surface area (TPSA) is 20.3 Å². The van der Waals surface area contributed by atoms with Crippen molar-refractivity contribution in [3.8, 4) is 0 Å². The van der Waals surface area contributed by atoms with E-state index in [0.717, 1.165) is 13.0 Å². The normalized spacial score (nSPS) is 34.6. The molecule has 0 N–H and O–H groups in total. The maximum absolute atomic E-state index is 11.8. The number of benzene rings is 1. The lowest BCUT2D eigenvalue weighted by atomic mass is 9.80. The minimum Gasteiger partial charge on any atom is -0.338 e. The molecule has 2 aliphatic rings. The molecule has 3 unspecified atom stereocenters. The molecule has 0 radical (unpaired) electrons. The maximum Gasteiger partial charge on any atom is 0.219 e. The molecule has 1 aliphatic carbocycles. The van der Waals surface area contributed by atoms with Crippen LogP contribution in [0.4, 0.5) is 0 Å². The van der Waals surface area contributed by atoms with Gasteiger partial charge in [0.1, 0.15) is 0 Å². The lowest BCUT2D eigenvalue weighted by Crippen LogP contribution is -2.41. The highest BCUT2D eigenvalue weighted by Crippen LogP contribution is 2.53. The van der Waals surface area contributed by atoms with Gasteiger partial charge in [-0.05, 0) is 17.5 Å². The molecule has 2 nitrogen and oxygen atoms in total. The van der Waals surface area contributed by atoms with Gasteiger partial charge in [-0.25, -0.2) is 0 Å². The van der Waals surface area contributed by atoms with Crippen molar-refractivity contribution in [1.29, 1.82) is 0 Å². The van der Waals surface area contributed by atoms with Gasteiger partial charge in [-0.3, -0.25) is 4.79 Å². The molecule has 1 amide bonds. The zero-order valence-electron chi connectivity index (χ0n) is 10.7. The Hall–Kier alpha value is -1.31. The molecule has 3 rings (SSSR count). The summed E-state index contributed by atoms with van der Waals surface area (Å²) in [7, 11) is 0. The number of fused-ring (bicyclic) bond motifs is 3. The van der Waals surface area contributed by atoms with Gasteiger partial charge in [0.25, 0.3) is 0 Å². The summed E-state index contributed by atoms with van der Waals surface area (Å²) in [5.74, 6) is 0.681. The van der Waals surface area contributed by atoms with E-state index in [1.165, 1.54) is 11.1 Å². The summed E-state index contributed by atoms with van der Waals surface area (Å²) in [6.45, 7) is 7.19. The second kappa shape index (κ2) is 3.34. The third-order valence-electron chi connectivity index (χ3n) is 4.81. The van der Waals surface area contributed by atoms with E-state index in [1.807, 2.05) is 0 Å². The molecule has 0 bridgehead atoms. The van der Waals surface area contributed by atoms with Crippen LogP contribution in [-0.4, -0.2) is 23.4 Å². The molecule has 2 heteroatoms. The molecule has 90 valence electrons. The Labute approximate surface area is 103 Å². The predicted octanol–water partition coefficient (Wildman–Crippen LogP) is 2.68. The highest BCUT2D eigenvalue weighted by Gasteiger charge is 2.54. The van der Waals surface area contributed by atoms with Crippen molar-refractivity contribution in [3.05, 3.63) is 35.4 Å². The van der Waals surface area contributed by atoms with Crippen LogP contribution in [0.5, 0.6) is 0 Å². The predicted molar refractivity (Wildman–Crippen MR) is 68.0 cm³/mol. The summed E-state index contributed by atoms with van der Waals surface area (Å²) in [6, 6.07) is 9.06.